The van der Waals surface area contributed by atoms with Gasteiger partial charge >= 0.3 is 12.2 Å². The third-order valence-corrected chi connectivity index (χ3v) is 3.84. The third kappa shape index (κ3) is 16.4. The standard InChI is InChI=1S/C21H42N2O4/c1-9-12-16(2)15-17(23-19(25)27-21(6,7)8)13-10-11-14-22-18(24)26-20(3,4)5/h16-17H,9-15H2,1-8H3,(H,22,24)(H,23,25). The molecule has 0 aromatic rings. The molecule has 0 heterocycles. The summed E-state index contributed by atoms with van der Waals surface area (Å²) in [6.45, 7) is 16.1. The Balaban J connectivity index is 4.34. The Bertz CT molecular complexity index is 438. The van der Waals surface area contributed by atoms with Crippen LogP contribution in [0.15, 0.2) is 0 Å². The minimum Gasteiger partial charge on any atom is -0.444 e. The lowest BCUT2D eigenvalue weighted by Gasteiger charge is -2.25. The summed E-state index contributed by atoms with van der Waals surface area (Å²) in [6, 6.07) is 0.0860. The highest BCUT2D eigenvalue weighted by Gasteiger charge is 2.21. The molecule has 2 atom stereocenters. The molecule has 0 rings (SSSR count). The van der Waals surface area contributed by atoms with E-state index in [-0.39, 0.29) is 18.2 Å². The fourth-order valence-corrected chi connectivity index (χ4v) is 2.84. The average Bonchev–Trinajstić information content (AvgIpc) is 2.42. The minimum atomic E-state index is -0.499. The van der Waals surface area contributed by atoms with Gasteiger partial charge in [-0.1, -0.05) is 26.7 Å². The first-order chi connectivity index (χ1) is 12.3. The Hall–Kier alpha value is -1.46. The SMILES string of the molecule is CCCC(C)CC(CCCCNC(=O)OC(C)(C)C)NC(=O)OC(C)(C)C. The summed E-state index contributed by atoms with van der Waals surface area (Å²) in [4.78, 5) is 23.8. The Labute approximate surface area is 166 Å². The average molecular weight is 387 g/mol. The second-order valence-corrected chi connectivity index (χ2v) is 9.40. The van der Waals surface area contributed by atoms with Crippen molar-refractivity contribution >= 4 is 12.2 Å². The van der Waals surface area contributed by atoms with E-state index >= 15 is 0 Å². The van der Waals surface area contributed by atoms with Crippen molar-refractivity contribution in [2.45, 2.75) is 111 Å². The number of unbranched alkanes of at least 4 members (excludes halogenated alkanes) is 1. The van der Waals surface area contributed by atoms with Crippen molar-refractivity contribution in [1.29, 1.82) is 0 Å². The second-order valence-electron chi connectivity index (χ2n) is 9.40. The van der Waals surface area contributed by atoms with Crippen molar-refractivity contribution in [3.8, 4) is 0 Å². The fourth-order valence-electron chi connectivity index (χ4n) is 2.84. The van der Waals surface area contributed by atoms with Crippen molar-refractivity contribution < 1.29 is 19.1 Å². The third-order valence-electron chi connectivity index (χ3n) is 3.84. The molecule has 27 heavy (non-hydrogen) atoms. The van der Waals surface area contributed by atoms with E-state index in [0.717, 1.165) is 38.5 Å². The summed E-state index contributed by atoms with van der Waals surface area (Å²) in [7, 11) is 0. The topological polar surface area (TPSA) is 76.7 Å². The number of rotatable bonds is 10. The van der Waals surface area contributed by atoms with Crippen LogP contribution in [-0.2, 0) is 9.47 Å². The molecule has 160 valence electrons. The van der Waals surface area contributed by atoms with Gasteiger partial charge in [0, 0.05) is 12.6 Å². The molecule has 0 aliphatic carbocycles. The molecule has 0 aromatic carbocycles. The van der Waals surface area contributed by atoms with Gasteiger partial charge in [0.25, 0.3) is 0 Å². The van der Waals surface area contributed by atoms with E-state index in [4.69, 9.17) is 9.47 Å². The molecule has 0 fully saturated rings. The molecular weight excluding hydrogens is 344 g/mol. The van der Waals surface area contributed by atoms with Gasteiger partial charge in [-0.3, -0.25) is 0 Å². The highest BCUT2D eigenvalue weighted by Crippen LogP contribution is 2.17. The van der Waals surface area contributed by atoms with E-state index < -0.39 is 11.2 Å². The Morgan fingerprint density at radius 2 is 1.44 bits per heavy atom. The van der Waals surface area contributed by atoms with Gasteiger partial charge in [-0.2, -0.15) is 0 Å². The Morgan fingerprint density at radius 1 is 0.889 bits per heavy atom. The number of carbonyl (C=O) groups excluding carboxylic acids is 2. The summed E-state index contributed by atoms with van der Waals surface area (Å²) in [5, 5.41) is 5.79. The molecule has 6 nitrogen and oxygen atoms in total. The maximum atomic E-state index is 12.1. The Morgan fingerprint density at radius 3 is 1.96 bits per heavy atom. The quantitative estimate of drug-likeness (QED) is 0.493. The zero-order valence-corrected chi connectivity index (χ0v) is 18.7. The van der Waals surface area contributed by atoms with Gasteiger partial charge < -0.3 is 20.1 Å². The molecule has 0 aliphatic rings. The van der Waals surface area contributed by atoms with E-state index in [2.05, 4.69) is 24.5 Å². The number of ether oxygens (including phenoxy) is 2. The van der Waals surface area contributed by atoms with Crippen molar-refractivity contribution in [2.24, 2.45) is 5.92 Å². The van der Waals surface area contributed by atoms with E-state index in [1.807, 2.05) is 41.5 Å². The van der Waals surface area contributed by atoms with Crippen LogP contribution in [0.4, 0.5) is 9.59 Å². The zero-order chi connectivity index (χ0) is 21.1. The highest BCUT2D eigenvalue weighted by molar-refractivity contribution is 5.68. The summed E-state index contributed by atoms with van der Waals surface area (Å²) in [5.41, 5.74) is -0.983. The van der Waals surface area contributed by atoms with Crippen LogP contribution in [0.1, 0.15) is 93.9 Å². The number of carbonyl (C=O) groups is 2. The van der Waals surface area contributed by atoms with Gasteiger partial charge in [0.1, 0.15) is 11.2 Å². The van der Waals surface area contributed by atoms with Crippen LogP contribution in [0.2, 0.25) is 0 Å². The normalized spacial score (nSPS) is 14.2. The predicted molar refractivity (Wildman–Crippen MR) is 110 cm³/mol. The van der Waals surface area contributed by atoms with Crippen LogP contribution in [0, 0.1) is 5.92 Å². The first-order valence-corrected chi connectivity index (χ1v) is 10.3. The maximum absolute atomic E-state index is 12.1. The van der Waals surface area contributed by atoms with Crippen LogP contribution in [0.25, 0.3) is 0 Å². The number of nitrogens with one attached hydrogen (secondary N) is 2. The van der Waals surface area contributed by atoms with Gasteiger partial charge in [-0.25, -0.2) is 9.59 Å². The maximum Gasteiger partial charge on any atom is 0.407 e. The van der Waals surface area contributed by atoms with E-state index in [9.17, 15) is 9.59 Å². The molecular formula is C21H42N2O4. The first-order valence-electron chi connectivity index (χ1n) is 10.3. The molecule has 2 N–H and O–H groups in total. The van der Waals surface area contributed by atoms with Gasteiger partial charge in [-0.15, -0.1) is 0 Å². The van der Waals surface area contributed by atoms with Gasteiger partial charge in [0.15, 0.2) is 0 Å². The number of alkyl carbamates (subject to hydrolysis) is 2. The van der Waals surface area contributed by atoms with E-state index in [0.29, 0.717) is 12.5 Å². The van der Waals surface area contributed by atoms with Crippen LogP contribution in [0.5, 0.6) is 0 Å². The van der Waals surface area contributed by atoms with Crippen molar-refractivity contribution in [2.75, 3.05) is 6.54 Å². The van der Waals surface area contributed by atoms with Crippen LogP contribution in [-0.4, -0.2) is 36.0 Å². The van der Waals surface area contributed by atoms with Crippen LogP contribution < -0.4 is 10.6 Å². The Kier molecular flexibility index (Phi) is 11.4. The van der Waals surface area contributed by atoms with Crippen LogP contribution >= 0.6 is 0 Å². The summed E-state index contributed by atoms with van der Waals surface area (Å²) in [6.07, 6.45) is 5.09. The number of amides is 2. The van der Waals surface area contributed by atoms with Crippen LogP contribution in [0.3, 0.4) is 0 Å². The van der Waals surface area contributed by atoms with Crippen molar-refractivity contribution in [1.82, 2.24) is 10.6 Å². The molecule has 6 heteroatoms. The summed E-state index contributed by atoms with van der Waals surface area (Å²) in [5.74, 6) is 0.551. The summed E-state index contributed by atoms with van der Waals surface area (Å²) >= 11 is 0. The lowest BCUT2D eigenvalue weighted by molar-refractivity contribution is 0.0493. The monoisotopic (exact) mass is 386 g/mol. The predicted octanol–water partition coefficient (Wildman–Crippen LogP) is 5.40. The molecule has 0 aromatic heterocycles. The van der Waals surface area contributed by atoms with E-state index in [1.54, 1.807) is 0 Å². The minimum absolute atomic E-state index is 0.0860. The number of hydrogen-bond donors (Lipinski definition) is 2. The molecule has 0 bridgehead atoms. The van der Waals surface area contributed by atoms with Gasteiger partial charge in [-0.05, 0) is 73.1 Å². The fraction of sp³-hybridized carbons (Fsp3) is 0.905. The number of hydrogen-bond acceptors (Lipinski definition) is 4. The molecule has 0 saturated carbocycles. The highest BCUT2D eigenvalue weighted by atomic mass is 16.6. The van der Waals surface area contributed by atoms with Crippen molar-refractivity contribution in [3.05, 3.63) is 0 Å². The molecule has 0 aliphatic heterocycles. The first kappa shape index (κ1) is 25.5. The lowest BCUT2D eigenvalue weighted by atomic mass is 9.94. The van der Waals surface area contributed by atoms with Crippen molar-refractivity contribution in [3.63, 3.8) is 0 Å². The smallest absolute Gasteiger partial charge is 0.407 e. The largest absolute Gasteiger partial charge is 0.444 e. The van der Waals surface area contributed by atoms with Gasteiger partial charge in [0.2, 0.25) is 0 Å². The molecule has 2 unspecified atom stereocenters. The molecule has 0 radical (unpaired) electrons. The molecule has 0 saturated heterocycles. The van der Waals surface area contributed by atoms with Gasteiger partial charge in [0.05, 0.1) is 0 Å². The zero-order valence-electron chi connectivity index (χ0n) is 18.7. The molecule has 2 amide bonds. The second kappa shape index (κ2) is 12.1. The van der Waals surface area contributed by atoms with E-state index in [1.165, 1.54) is 0 Å². The summed E-state index contributed by atoms with van der Waals surface area (Å²) < 4.78 is 10.6. The lowest BCUT2D eigenvalue weighted by Crippen LogP contribution is -2.40. The molecule has 0 spiro atoms.